The van der Waals surface area contributed by atoms with Gasteiger partial charge in [0.2, 0.25) is 5.95 Å². The average molecular weight is 224 g/mol. The molecule has 7 heteroatoms. The highest BCUT2D eigenvalue weighted by Crippen LogP contribution is 2.15. The summed E-state index contributed by atoms with van der Waals surface area (Å²) in [7, 11) is 0. The Kier molecular flexibility index (Phi) is 3.25. The molecular formula is C9H12N4O3. The van der Waals surface area contributed by atoms with Crippen molar-refractivity contribution in [3.05, 3.63) is 22.5 Å². The summed E-state index contributed by atoms with van der Waals surface area (Å²) < 4.78 is 0. The minimum absolute atomic E-state index is 0.112. The van der Waals surface area contributed by atoms with E-state index in [0.717, 1.165) is 25.8 Å². The topological polar surface area (TPSA) is 81.4 Å². The van der Waals surface area contributed by atoms with Crippen LogP contribution in [0.4, 0.5) is 11.6 Å². The highest BCUT2D eigenvalue weighted by Gasteiger charge is 2.15. The summed E-state index contributed by atoms with van der Waals surface area (Å²) in [5.74, 6) is 0.382. The number of hydrogen-bond acceptors (Lipinski definition) is 6. The lowest BCUT2D eigenvalue weighted by Gasteiger charge is -2.18. The molecule has 0 bridgehead atoms. The first-order valence-electron chi connectivity index (χ1n) is 5.14. The largest absolute Gasteiger partial charge is 0.305 e. The Balaban J connectivity index is 2.10. The van der Waals surface area contributed by atoms with Gasteiger partial charge in [-0.1, -0.05) is 0 Å². The fourth-order valence-corrected chi connectivity index (χ4v) is 1.47. The van der Waals surface area contributed by atoms with Crippen LogP contribution in [0.3, 0.4) is 0 Å². The quantitative estimate of drug-likeness (QED) is 0.556. The van der Waals surface area contributed by atoms with Crippen LogP contribution in [0.5, 0.6) is 0 Å². The zero-order valence-corrected chi connectivity index (χ0v) is 8.70. The van der Waals surface area contributed by atoms with E-state index in [2.05, 4.69) is 9.97 Å². The molecule has 1 saturated heterocycles. The van der Waals surface area contributed by atoms with Crippen LogP contribution < -0.4 is 5.06 Å². The third-order valence-electron chi connectivity index (χ3n) is 2.31. The third-order valence-corrected chi connectivity index (χ3v) is 2.31. The molecule has 7 nitrogen and oxygen atoms in total. The lowest BCUT2D eigenvalue weighted by molar-refractivity contribution is -0.385. The van der Waals surface area contributed by atoms with Crippen LogP contribution in [-0.4, -0.2) is 28.0 Å². The minimum Gasteiger partial charge on any atom is -0.271 e. The number of aromatic nitrogens is 2. The van der Waals surface area contributed by atoms with Crippen LogP contribution in [0, 0.1) is 10.1 Å². The maximum absolute atomic E-state index is 10.4. The molecule has 0 aromatic carbocycles. The smallest absolute Gasteiger partial charge is 0.271 e. The van der Waals surface area contributed by atoms with E-state index in [-0.39, 0.29) is 5.69 Å². The highest BCUT2D eigenvalue weighted by atomic mass is 16.7. The van der Waals surface area contributed by atoms with Gasteiger partial charge in [-0.2, -0.15) is 0 Å². The van der Waals surface area contributed by atoms with Crippen LogP contribution in [0.25, 0.3) is 0 Å². The van der Waals surface area contributed by atoms with E-state index in [0.29, 0.717) is 12.6 Å². The van der Waals surface area contributed by atoms with Gasteiger partial charge in [-0.15, -0.1) is 0 Å². The maximum Gasteiger partial charge on any atom is 0.305 e. The Morgan fingerprint density at radius 1 is 1.31 bits per heavy atom. The minimum atomic E-state index is -0.521. The van der Waals surface area contributed by atoms with E-state index in [4.69, 9.17) is 4.84 Å². The van der Waals surface area contributed by atoms with Gasteiger partial charge in [0, 0.05) is 6.54 Å². The molecule has 0 amide bonds. The standard InChI is InChI=1S/C9H12N4O3/c14-13(15)8-6-10-9(11-7-8)12-4-2-1-3-5-16-12/h6-7H,1-5H2. The normalized spacial score (nSPS) is 16.9. The molecule has 0 aliphatic carbocycles. The average Bonchev–Trinajstić information content (AvgIpc) is 2.57. The second-order valence-corrected chi connectivity index (χ2v) is 3.49. The summed E-state index contributed by atoms with van der Waals surface area (Å²) in [4.78, 5) is 23.2. The van der Waals surface area contributed by atoms with Crippen molar-refractivity contribution < 1.29 is 9.76 Å². The van der Waals surface area contributed by atoms with Crippen molar-refractivity contribution >= 4 is 11.6 Å². The fourth-order valence-electron chi connectivity index (χ4n) is 1.47. The van der Waals surface area contributed by atoms with Gasteiger partial charge in [0.1, 0.15) is 12.4 Å². The molecule has 0 spiro atoms. The van der Waals surface area contributed by atoms with E-state index in [1.807, 2.05) is 0 Å². The van der Waals surface area contributed by atoms with Gasteiger partial charge >= 0.3 is 5.69 Å². The van der Waals surface area contributed by atoms with E-state index in [1.54, 1.807) is 5.06 Å². The molecule has 0 N–H and O–H groups in total. The summed E-state index contributed by atoms with van der Waals surface area (Å²) in [6, 6.07) is 0. The summed E-state index contributed by atoms with van der Waals surface area (Å²) in [6.07, 6.45) is 5.53. The van der Waals surface area contributed by atoms with Gasteiger partial charge in [0.05, 0.1) is 11.5 Å². The first kappa shape index (κ1) is 10.7. The van der Waals surface area contributed by atoms with Crippen LogP contribution in [0.2, 0.25) is 0 Å². The molecule has 0 atom stereocenters. The molecule has 1 aliphatic rings. The first-order chi connectivity index (χ1) is 7.77. The van der Waals surface area contributed by atoms with E-state index in [1.165, 1.54) is 12.4 Å². The third kappa shape index (κ3) is 2.43. The molecule has 1 aliphatic heterocycles. The Bertz CT molecular complexity index is 360. The fraction of sp³-hybridized carbons (Fsp3) is 0.556. The van der Waals surface area contributed by atoms with E-state index < -0.39 is 4.92 Å². The molecule has 1 aromatic heterocycles. The summed E-state index contributed by atoms with van der Waals surface area (Å²) >= 11 is 0. The second kappa shape index (κ2) is 4.84. The number of nitrogens with zero attached hydrogens (tertiary/aromatic N) is 4. The van der Waals surface area contributed by atoms with Gasteiger partial charge in [-0.25, -0.2) is 15.0 Å². The molecular weight excluding hydrogens is 212 g/mol. The van der Waals surface area contributed by atoms with Crippen molar-refractivity contribution in [2.24, 2.45) is 0 Å². The zero-order chi connectivity index (χ0) is 11.4. The predicted octanol–water partition coefficient (Wildman–Crippen LogP) is 1.31. The Hall–Kier alpha value is -1.76. The van der Waals surface area contributed by atoms with E-state index in [9.17, 15) is 10.1 Å². The molecule has 2 heterocycles. The van der Waals surface area contributed by atoms with Crippen molar-refractivity contribution in [3.63, 3.8) is 0 Å². The first-order valence-corrected chi connectivity index (χ1v) is 5.14. The second-order valence-electron chi connectivity index (χ2n) is 3.49. The van der Waals surface area contributed by atoms with Crippen LogP contribution in [0.15, 0.2) is 12.4 Å². The molecule has 1 aromatic rings. The summed E-state index contributed by atoms with van der Waals surface area (Å²) in [5.41, 5.74) is -0.112. The molecule has 0 radical (unpaired) electrons. The number of hydrogen-bond donors (Lipinski definition) is 0. The van der Waals surface area contributed by atoms with Gasteiger partial charge in [-0.05, 0) is 19.3 Å². The molecule has 0 saturated carbocycles. The van der Waals surface area contributed by atoms with Crippen molar-refractivity contribution in [2.75, 3.05) is 18.2 Å². The molecule has 2 rings (SSSR count). The summed E-state index contributed by atoms with van der Waals surface area (Å²) in [5, 5.41) is 12.0. The van der Waals surface area contributed by atoms with Crippen molar-refractivity contribution in [2.45, 2.75) is 19.3 Å². The van der Waals surface area contributed by atoms with Gasteiger partial charge < -0.3 is 0 Å². The van der Waals surface area contributed by atoms with Crippen molar-refractivity contribution in [1.29, 1.82) is 0 Å². The van der Waals surface area contributed by atoms with E-state index >= 15 is 0 Å². The lowest BCUT2D eigenvalue weighted by atomic mass is 10.2. The van der Waals surface area contributed by atoms with Gasteiger partial charge in [0.25, 0.3) is 0 Å². The Morgan fingerprint density at radius 2 is 2.06 bits per heavy atom. The number of hydroxylamine groups is 1. The SMILES string of the molecule is O=[N+]([O-])c1cnc(N2CCCCCO2)nc1. The van der Waals surface area contributed by atoms with Crippen molar-refractivity contribution in [3.8, 4) is 0 Å². The lowest BCUT2D eigenvalue weighted by Crippen LogP contribution is -2.25. The monoisotopic (exact) mass is 224 g/mol. The van der Waals surface area contributed by atoms with Crippen LogP contribution in [-0.2, 0) is 4.84 Å². The number of anilines is 1. The van der Waals surface area contributed by atoms with Crippen molar-refractivity contribution in [1.82, 2.24) is 9.97 Å². The summed E-state index contributed by atoms with van der Waals surface area (Å²) in [6.45, 7) is 1.36. The molecule has 0 unspecified atom stereocenters. The number of rotatable bonds is 2. The predicted molar refractivity (Wildman–Crippen MR) is 55.8 cm³/mol. The number of nitro groups is 1. The molecule has 1 fully saturated rings. The zero-order valence-electron chi connectivity index (χ0n) is 8.70. The highest BCUT2D eigenvalue weighted by molar-refractivity contribution is 5.31. The maximum atomic E-state index is 10.4. The molecule has 16 heavy (non-hydrogen) atoms. The van der Waals surface area contributed by atoms with Crippen LogP contribution >= 0.6 is 0 Å². The van der Waals surface area contributed by atoms with Crippen LogP contribution in [0.1, 0.15) is 19.3 Å². The Labute approximate surface area is 92.2 Å². The molecule has 86 valence electrons. The van der Waals surface area contributed by atoms with Gasteiger partial charge in [0.15, 0.2) is 0 Å². The Morgan fingerprint density at radius 3 is 2.75 bits per heavy atom. The van der Waals surface area contributed by atoms with Gasteiger partial charge in [-0.3, -0.25) is 15.0 Å².